The Kier molecular flexibility index (Phi) is 5.56. The summed E-state index contributed by atoms with van der Waals surface area (Å²) in [5, 5.41) is 2.93. The van der Waals surface area contributed by atoms with E-state index in [9.17, 15) is 14.4 Å². The van der Waals surface area contributed by atoms with Gasteiger partial charge in [0, 0.05) is 31.6 Å². The molecule has 1 aromatic carbocycles. The van der Waals surface area contributed by atoms with Gasteiger partial charge in [0.2, 0.25) is 0 Å². The predicted octanol–water partition coefficient (Wildman–Crippen LogP) is 1.57. The first-order valence-corrected chi connectivity index (χ1v) is 7.42. The number of nitrogens with one attached hydrogen (secondary N) is 1. The molecule has 0 radical (unpaired) electrons. The van der Waals surface area contributed by atoms with Crippen molar-refractivity contribution < 1.29 is 23.9 Å². The van der Waals surface area contributed by atoms with Crippen LogP contribution in [0.5, 0.6) is 5.75 Å². The molecular formula is C16H20N2O5. The topological polar surface area (TPSA) is 84.9 Å². The van der Waals surface area contributed by atoms with Crippen molar-refractivity contribution in [1.82, 2.24) is 10.2 Å². The minimum absolute atomic E-state index is 0.000729. The van der Waals surface area contributed by atoms with Gasteiger partial charge < -0.3 is 19.7 Å². The zero-order chi connectivity index (χ0) is 16.8. The fraction of sp³-hybridized carbons (Fsp3) is 0.438. The molecule has 1 aliphatic heterocycles. The maximum Gasteiger partial charge on any atom is 0.409 e. The van der Waals surface area contributed by atoms with Crippen LogP contribution in [-0.4, -0.2) is 49.1 Å². The first kappa shape index (κ1) is 16.8. The summed E-state index contributed by atoms with van der Waals surface area (Å²) in [5.41, 5.74) is 0.430. The second-order valence-corrected chi connectivity index (χ2v) is 5.33. The van der Waals surface area contributed by atoms with E-state index in [1.54, 1.807) is 23.1 Å². The molecule has 7 nitrogen and oxygen atoms in total. The fourth-order valence-corrected chi connectivity index (χ4v) is 2.47. The lowest BCUT2D eigenvalue weighted by Gasteiger charge is -2.31. The van der Waals surface area contributed by atoms with E-state index < -0.39 is 5.97 Å². The standard InChI is InChI=1S/C16H20N2O5/c1-11(19)23-14-5-3-4-12(10-14)15(20)17-13-6-8-18(9-7-13)16(21)22-2/h3-5,10,13H,6-9H2,1-2H3,(H,17,20). The van der Waals surface area contributed by atoms with E-state index in [0.29, 0.717) is 37.2 Å². The van der Waals surface area contributed by atoms with Crippen LogP contribution in [0.25, 0.3) is 0 Å². The van der Waals surface area contributed by atoms with Crippen LogP contribution in [0.1, 0.15) is 30.1 Å². The molecule has 1 saturated heterocycles. The van der Waals surface area contributed by atoms with Gasteiger partial charge in [-0.3, -0.25) is 9.59 Å². The number of likely N-dealkylation sites (tertiary alicyclic amines) is 1. The van der Waals surface area contributed by atoms with Crippen LogP contribution in [-0.2, 0) is 9.53 Å². The Bertz CT molecular complexity index is 594. The summed E-state index contributed by atoms with van der Waals surface area (Å²) >= 11 is 0. The number of hydrogen-bond donors (Lipinski definition) is 1. The van der Waals surface area contributed by atoms with Crippen molar-refractivity contribution in [3.05, 3.63) is 29.8 Å². The Morgan fingerprint density at radius 1 is 1.22 bits per heavy atom. The molecule has 23 heavy (non-hydrogen) atoms. The van der Waals surface area contributed by atoms with Crippen LogP contribution < -0.4 is 10.1 Å². The molecule has 1 fully saturated rings. The number of hydrogen-bond acceptors (Lipinski definition) is 5. The number of carbonyl (C=O) groups is 3. The molecule has 1 N–H and O–H groups in total. The number of piperidine rings is 1. The maximum atomic E-state index is 12.3. The second-order valence-electron chi connectivity index (χ2n) is 5.33. The second kappa shape index (κ2) is 7.62. The monoisotopic (exact) mass is 320 g/mol. The Morgan fingerprint density at radius 2 is 1.91 bits per heavy atom. The summed E-state index contributed by atoms with van der Waals surface area (Å²) in [7, 11) is 1.35. The van der Waals surface area contributed by atoms with Gasteiger partial charge in [-0.2, -0.15) is 0 Å². The number of esters is 1. The van der Waals surface area contributed by atoms with Crippen molar-refractivity contribution in [3.63, 3.8) is 0 Å². The van der Waals surface area contributed by atoms with E-state index in [-0.39, 0.29) is 18.0 Å². The van der Waals surface area contributed by atoms with Crippen molar-refractivity contribution in [2.75, 3.05) is 20.2 Å². The molecule has 0 atom stereocenters. The van der Waals surface area contributed by atoms with Crippen molar-refractivity contribution >= 4 is 18.0 Å². The molecule has 1 aromatic rings. The highest BCUT2D eigenvalue weighted by Crippen LogP contribution is 2.15. The highest BCUT2D eigenvalue weighted by atomic mass is 16.5. The van der Waals surface area contributed by atoms with E-state index in [1.165, 1.54) is 20.1 Å². The largest absolute Gasteiger partial charge is 0.453 e. The van der Waals surface area contributed by atoms with Gasteiger partial charge in [0.15, 0.2) is 0 Å². The third-order valence-electron chi connectivity index (χ3n) is 3.62. The molecule has 7 heteroatoms. The first-order valence-electron chi connectivity index (χ1n) is 7.42. The molecule has 1 aliphatic rings. The molecule has 2 amide bonds. The minimum atomic E-state index is -0.433. The Morgan fingerprint density at radius 3 is 2.52 bits per heavy atom. The van der Waals surface area contributed by atoms with E-state index in [0.717, 1.165) is 0 Å². The minimum Gasteiger partial charge on any atom is -0.453 e. The molecule has 0 spiro atoms. The highest BCUT2D eigenvalue weighted by Gasteiger charge is 2.24. The number of ether oxygens (including phenoxy) is 2. The number of rotatable bonds is 3. The van der Waals surface area contributed by atoms with E-state index in [4.69, 9.17) is 4.74 Å². The van der Waals surface area contributed by atoms with Gasteiger partial charge in [-0.1, -0.05) is 6.07 Å². The molecule has 0 saturated carbocycles. The van der Waals surface area contributed by atoms with Gasteiger partial charge in [-0.25, -0.2) is 4.79 Å². The molecule has 2 rings (SSSR count). The molecule has 0 bridgehead atoms. The van der Waals surface area contributed by atoms with Crippen LogP contribution in [0.15, 0.2) is 24.3 Å². The number of benzene rings is 1. The zero-order valence-corrected chi connectivity index (χ0v) is 13.2. The predicted molar refractivity (Wildman–Crippen MR) is 82.2 cm³/mol. The highest BCUT2D eigenvalue weighted by molar-refractivity contribution is 5.94. The number of nitrogens with zero attached hydrogens (tertiary/aromatic N) is 1. The van der Waals surface area contributed by atoms with Crippen LogP contribution in [0.3, 0.4) is 0 Å². The van der Waals surface area contributed by atoms with Crippen molar-refractivity contribution in [3.8, 4) is 5.75 Å². The lowest BCUT2D eigenvalue weighted by atomic mass is 10.0. The van der Waals surface area contributed by atoms with Gasteiger partial charge >= 0.3 is 12.1 Å². The smallest absolute Gasteiger partial charge is 0.409 e. The summed E-state index contributed by atoms with van der Waals surface area (Å²) in [6, 6.07) is 6.47. The third-order valence-corrected chi connectivity index (χ3v) is 3.62. The number of methoxy groups -OCH3 is 1. The van der Waals surface area contributed by atoms with Gasteiger partial charge in [-0.15, -0.1) is 0 Å². The first-order chi connectivity index (χ1) is 11.0. The SMILES string of the molecule is COC(=O)N1CCC(NC(=O)c2cccc(OC(C)=O)c2)CC1. The van der Waals surface area contributed by atoms with Crippen molar-refractivity contribution in [2.24, 2.45) is 0 Å². The molecule has 0 aliphatic carbocycles. The average Bonchev–Trinajstić information content (AvgIpc) is 2.54. The molecule has 0 unspecified atom stereocenters. The normalized spacial score (nSPS) is 15.0. The number of amides is 2. The van der Waals surface area contributed by atoms with Crippen LogP contribution >= 0.6 is 0 Å². The lowest BCUT2D eigenvalue weighted by Crippen LogP contribution is -2.46. The van der Waals surface area contributed by atoms with E-state index in [2.05, 4.69) is 10.1 Å². The molecule has 1 heterocycles. The molecule has 124 valence electrons. The summed E-state index contributed by atoms with van der Waals surface area (Å²) < 4.78 is 9.65. The third kappa shape index (κ3) is 4.70. The molecular weight excluding hydrogens is 300 g/mol. The Labute approximate surface area is 134 Å². The fourth-order valence-electron chi connectivity index (χ4n) is 2.47. The van der Waals surface area contributed by atoms with Gasteiger partial charge in [-0.05, 0) is 31.0 Å². The number of carbonyl (C=O) groups excluding carboxylic acids is 3. The Balaban J connectivity index is 1.90. The summed E-state index contributed by atoms with van der Waals surface area (Å²) in [6.07, 6.45) is 0.999. The van der Waals surface area contributed by atoms with Crippen LogP contribution in [0.4, 0.5) is 4.79 Å². The van der Waals surface area contributed by atoms with E-state index in [1.807, 2.05) is 0 Å². The van der Waals surface area contributed by atoms with Crippen LogP contribution in [0.2, 0.25) is 0 Å². The lowest BCUT2D eigenvalue weighted by molar-refractivity contribution is -0.131. The van der Waals surface area contributed by atoms with Crippen molar-refractivity contribution in [2.45, 2.75) is 25.8 Å². The van der Waals surface area contributed by atoms with E-state index >= 15 is 0 Å². The Hall–Kier alpha value is -2.57. The summed E-state index contributed by atoms with van der Waals surface area (Å²) in [6.45, 7) is 2.40. The van der Waals surface area contributed by atoms with Gasteiger partial charge in [0.1, 0.15) is 5.75 Å². The maximum absolute atomic E-state index is 12.3. The summed E-state index contributed by atoms with van der Waals surface area (Å²) in [4.78, 5) is 36.3. The summed E-state index contributed by atoms with van der Waals surface area (Å²) in [5.74, 6) is -0.320. The van der Waals surface area contributed by atoms with Gasteiger partial charge in [0.25, 0.3) is 5.91 Å². The van der Waals surface area contributed by atoms with Gasteiger partial charge in [0.05, 0.1) is 7.11 Å². The van der Waals surface area contributed by atoms with Crippen LogP contribution in [0, 0.1) is 0 Å². The zero-order valence-electron chi connectivity index (χ0n) is 13.2. The van der Waals surface area contributed by atoms with Crippen molar-refractivity contribution in [1.29, 1.82) is 0 Å². The average molecular weight is 320 g/mol. The molecule has 0 aromatic heterocycles. The quantitative estimate of drug-likeness (QED) is 0.675.